The average molecular weight is 321 g/mol. The van der Waals surface area contributed by atoms with E-state index in [0.717, 1.165) is 39.3 Å². The maximum atomic E-state index is 12.0. The lowest BCUT2D eigenvalue weighted by atomic mass is 9.60. The Morgan fingerprint density at radius 1 is 0.826 bits per heavy atom. The largest absolute Gasteiger partial charge is 0.341 e. The summed E-state index contributed by atoms with van der Waals surface area (Å²) in [5.41, 5.74) is 0.417. The number of hydrogen-bond acceptors (Lipinski definition) is 3. The number of carbonyl (C=O) groups is 2. The molecule has 2 heterocycles. The first kappa shape index (κ1) is 16.7. The van der Waals surface area contributed by atoms with Gasteiger partial charge >= 0.3 is 0 Å². The molecule has 0 bridgehead atoms. The van der Waals surface area contributed by atoms with E-state index in [2.05, 4.69) is 4.90 Å². The summed E-state index contributed by atoms with van der Waals surface area (Å²) in [6.07, 6.45) is 2.46. The molecule has 1 aliphatic carbocycles. The fourth-order valence-electron chi connectivity index (χ4n) is 4.41. The van der Waals surface area contributed by atoms with Gasteiger partial charge in [-0.05, 0) is 12.8 Å². The summed E-state index contributed by atoms with van der Waals surface area (Å²) in [6, 6.07) is 0.669. The number of carbonyl (C=O) groups excluding carboxylic acids is 2. The van der Waals surface area contributed by atoms with Crippen LogP contribution >= 0.6 is 0 Å². The maximum absolute atomic E-state index is 12.0. The maximum Gasteiger partial charge on any atom is 0.225 e. The molecule has 3 fully saturated rings. The fraction of sp³-hybridized carbons (Fsp3) is 0.889. The van der Waals surface area contributed by atoms with Crippen molar-refractivity contribution in [1.29, 1.82) is 0 Å². The third-order valence-corrected chi connectivity index (χ3v) is 5.83. The summed E-state index contributed by atoms with van der Waals surface area (Å²) in [4.78, 5) is 30.6. The highest BCUT2D eigenvalue weighted by Gasteiger charge is 2.55. The van der Waals surface area contributed by atoms with Gasteiger partial charge in [-0.2, -0.15) is 0 Å². The van der Waals surface area contributed by atoms with E-state index in [9.17, 15) is 9.59 Å². The Labute approximate surface area is 140 Å². The lowest BCUT2D eigenvalue weighted by Crippen LogP contribution is -2.69. The highest BCUT2D eigenvalue weighted by Crippen LogP contribution is 2.50. The van der Waals surface area contributed by atoms with E-state index in [0.29, 0.717) is 17.4 Å². The van der Waals surface area contributed by atoms with Crippen molar-refractivity contribution >= 4 is 11.8 Å². The van der Waals surface area contributed by atoms with E-state index in [1.54, 1.807) is 0 Å². The lowest BCUT2D eigenvalue weighted by molar-refractivity contribution is -0.162. The Morgan fingerprint density at radius 3 is 1.78 bits per heavy atom. The van der Waals surface area contributed by atoms with Gasteiger partial charge in [-0.15, -0.1) is 0 Å². The van der Waals surface area contributed by atoms with Gasteiger partial charge in [0.15, 0.2) is 0 Å². The van der Waals surface area contributed by atoms with Crippen molar-refractivity contribution in [3.63, 3.8) is 0 Å². The number of nitrogens with zero attached hydrogens (tertiary/aromatic N) is 3. The van der Waals surface area contributed by atoms with Gasteiger partial charge in [0, 0.05) is 62.6 Å². The van der Waals surface area contributed by atoms with Crippen LogP contribution in [0.25, 0.3) is 0 Å². The average Bonchev–Trinajstić information content (AvgIpc) is 2.43. The molecule has 0 N–H and O–H groups in total. The summed E-state index contributed by atoms with van der Waals surface area (Å²) < 4.78 is 0. The van der Waals surface area contributed by atoms with Crippen LogP contribution < -0.4 is 0 Å². The van der Waals surface area contributed by atoms with Crippen LogP contribution in [0, 0.1) is 17.3 Å². The summed E-state index contributed by atoms with van der Waals surface area (Å²) in [5, 5.41) is 0. The number of likely N-dealkylation sites (tertiary alicyclic amines) is 1. The molecule has 130 valence electrons. The Balaban J connectivity index is 1.40. The molecule has 3 aliphatic rings. The molecule has 23 heavy (non-hydrogen) atoms. The van der Waals surface area contributed by atoms with E-state index in [-0.39, 0.29) is 17.7 Å². The fourth-order valence-corrected chi connectivity index (χ4v) is 4.41. The van der Waals surface area contributed by atoms with Crippen molar-refractivity contribution in [1.82, 2.24) is 14.7 Å². The third-order valence-electron chi connectivity index (χ3n) is 5.83. The van der Waals surface area contributed by atoms with Crippen LogP contribution in [0.4, 0.5) is 0 Å². The van der Waals surface area contributed by atoms with Gasteiger partial charge in [0.05, 0.1) is 0 Å². The zero-order chi connectivity index (χ0) is 16.8. The van der Waals surface area contributed by atoms with Gasteiger partial charge in [0.2, 0.25) is 11.8 Å². The van der Waals surface area contributed by atoms with Crippen LogP contribution in [0.3, 0.4) is 0 Å². The minimum Gasteiger partial charge on any atom is -0.341 e. The molecule has 2 aliphatic heterocycles. The lowest BCUT2D eigenvalue weighted by Gasteiger charge is -2.61. The van der Waals surface area contributed by atoms with E-state index in [4.69, 9.17) is 0 Å². The minimum absolute atomic E-state index is 0.105. The second-order valence-electron chi connectivity index (χ2n) is 8.43. The highest BCUT2D eigenvalue weighted by atomic mass is 16.2. The van der Waals surface area contributed by atoms with Crippen LogP contribution in [-0.2, 0) is 9.59 Å². The SMILES string of the molecule is CC(C)C(=O)N1CCN(C2CC3(C2)CN(C(=O)C(C)C)C3)CC1. The summed E-state index contributed by atoms with van der Waals surface area (Å²) in [5.74, 6) is 0.819. The molecule has 2 amide bonds. The van der Waals surface area contributed by atoms with Gasteiger partial charge < -0.3 is 9.80 Å². The molecule has 2 saturated heterocycles. The molecule has 0 unspecified atom stereocenters. The molecule has 0 aromatic carbocycles. The molecule has 1 saturated carbocycles. The quantitative estimate of drug-likeness (QED) is 0.790. The topological polar surface area (TPSA) is 43.9 Å². The predicted molar refractivity (Wildman–Crippen MR) is 89.9 cm³/mol. The molecule has 5 nitrogen and oxygen atoms in total. The van der Waals surface area contributed by atoms with E-state index < -0.39 is 0 Å². The first-order valence-electron chi connectivity index (χ1n) is 9.13. The second kappa shape index (κ2) is 6.08. The summed E-state index contributed by atoms with van der Waals surface area (Å²) in [7, 11) is 0. The molecule has 0 aromatic heterocycles. The standard InChI is InChI=1S/C18H31N3O2/c1-13(2)16(22)20-7-5-19(6-8-20)15-9-18(10-15)11-21(12-18)17(23)14(3)4/h13-15H,5-12H2,1-4H3. The second-order valence-corrected chi connectivity index (χ2v) is 8.43. The number of rotatable bonds is 3. The van der Waals surface area contributed by atoms with Crippen LogP contribution in [0.2, 0.25) is 0 Å². The van der Waals surface area contributed by atoms with E-state index in [1.807, 2.05) is 37.5 Å². The Kier molecular flexibility index (Phi) is 4.43. The molecule has 0 aromatic rings. The summed E-state index contributed by atoms with van der Waals surface area (Å²) >= 11 is 0. The zero-order valence-corrected chi connectivity index (χ0v) is 15.0. The first-order chi connectivity index (χ1) is 10.8. The molecule has 0 atom stereocenters. The molecule has 3 rings (SSSR count). The Morgan fingerprint density at radius 2 is 1.30 bits per heavy atom. The number of piperazine rings is 1. The van der Waals surface area contributed by atoms with Crippen molar-refractivity contribution in [2.24, 2.45) is 17.3 Å². The highest BCUT2D eigenvalue weighted by molar-refractivity contribution is 5.79. The van der Waals surface area contributed by atoms with Crippen molar-refractivity contribution in [2.45, 2.75) is 46.6 Å². The molecular formula is C18H31N3O2. The first-order valence-corrected chi connectivity index (χ1v) is 9.13. The van der Waals surface area contributed by atoms with E-state index >= 15 is 0 Å². The van der Waals surface area contributed by atoms with Crippen LogP contribution in [-0.4, -0.2) is 71.8 Å². The van der Waals surface area contributed by atoms with Gasteiger partial charge in [-0.25, -0.2) is 0 Å². The van der Waals surface area contributed by atoms with Crippen LogP contribution in [0.5, 0.6) is 0 Å². The van der Waals surface area contributed by atoms with Gasteiger partial charge in [-0.3, -0.25) is 14.5 Å². The minimum atomic E-state index is 0.105. The number of hydrogen-bond donors (Lipinski definition) is 0. The Bertz CT molecular complexity index is 467. The molecular weight excluding hydrogens is 290 g/mol. The molecule has 1 spiro atoms. The van der Waals surface area contributed by atoms with Crippen molar-refractivity contribution in [2.75, 3.05) is 39.3 Å². The van der Waals surface area contributed by atoms with Crippen molar-refractivity contribution in [3.8, 4) is 0 Å². The Hall–Kier alpha value is -1.10. The smallest absolute Gasteiger partial charge is 0.225 e. The van der Waals surface area contributed by atoms with Crippen molar-refractivity contribution < 1.29 is 9.59 Å². The normalized spacial score (nSPS) is 25.0. The van der Waals surface area contributed by atoms with Gasteiger partial charge in [0.25, 0.3) is 0 Å². The predicted octanol–water partition coefficient (Wildman–Crippen LogP) is 1.43. The van der Waals surface area contributed by atoms with Gasteiger partial charge in [0.1, 0.15) is 0 Å². The third kappa shape index (κ3) is 3.12. The van der Waals surface area contributed by atoms with Crippen molar-refractivity contribution in [3.05, 3.63) is 0 Å². The molecule has 5 heteroatoms. The zero-order valence-electron chi connectivity index (χ0n) is 15.0. The van der Waals surface area contributed by atoms with Crippen LogP contribution in [0.15, 0.2) is 0 Å². The van der Waals surface area contributed by atoms with Crippen LogP contribution in [0.1, 0.15) is 40.5 Å². The number of amides is 2. The van der Waals surface area contributed by atoms with E-state index in [1.165, 1.54) is 12.8 Å². The monoisotopic (exact) mass is 321 g/mol. The molecule has 0 radical (unpaired) electrons. The van der Waals surface area contributed by atoms with Gasteiger partial charge in [-0.1, -0.05) is 27.7 Å². The summed E-state index contributed by atoms with van der Waals surface area (Å²) in [6.45, 7) is 13.6.